The molecule has 3 heterocycles. The summed E-state index contributed by atoms with van der Waals surface area (Å²) in [4.78, 5) is 5.14. The number of thiophene rings is 2. The van der Waals surface area contributed by atoms with E-state index >= 15 is 0 Å². The van der Waals surface area contributed by atoms with Gasteiger partial charge in [0.1, 0.15) is 11.5 Å². The number of fused-ring (bicyclic) bond motifs is 23. The maximum Gasteiger partial charge on any atom is 0.132 e. The van der Waals surface area contributed by atoms with Crippen molar-refractivity contribution < 1.29 is 4.74 Å². The van der Waals surface area contributed by atoms with Gasteiger partial charge in [-0.15, -0.1) is 22.7 Å². The molecule has 24 rings (SSSR count). The monoisotopic (exact) mass is 1410 g/mol. The van der Waals surface area contributed by atoms with Crippen molar-refractivity contribution in [1.29, 1.82) is 0 Å². The van der Waals surface area contributed by atoms with Crippen LogP contribution in [0.3, 0.4) is 0 Å². The number of para-hydroxylation sites is 1. The van der Waals surface area contributed by atoms with Crippen LogP contribution in [-0.2, 0) is 16.2 Å². The lowest BCUT2D eigenvalue weighted by Gasteiger charge is -2.48. The summed E-state index contributed by atoms with van der Waals surface area (Å²) in [6, 6.07) is 121. The molecule has 5 heteroatoms. The molecule has 1 aliphatic heterocycles. The minimum Gasteiger partial charge on any atom is -0.457 e. The number of rotatable bonds is 10. The van der Waals surface area contributed by atoms with Gasteiger partial charge in [0.05, 0.1) is 5.41 Å². The van der Waals surface area contributed by atoms with Gasteiger partial charge in [-0.05, 0) is 255 Å². The second kappa shape index (κ2) is 22.5. The second-order valence-corrected chi connectivity index (χ2v) is 34.9. The molecule has 16 aromatic rings. The summed E-state index contributed by atoms with van der Waals surface area (Å²) < 4.78 is 12.6. The van der Waals surface area contributed by atoms with Crippen LogP contribution in [0.2, 0.25) is 0 Å². The van der Waals surface area contributed by atoms with Crippen LogP contribution in [0, 0.1) is 35.0 Å². The van der Waals surface area contributed by atoms with E-state index in [9.17, 15) is 0 Å². The molecule has 0 amide bonds. The Morgan fingerprint density at radius 2 is 0.822 bits per heavy atom. The lowest BCUT2D eigenvalue weighted by Crippen LogP contribution is -2.44. The summed E-state index contributed by atoms with van der Waals surface area (Å²) in [5, 5.41) is 5.22. The fraction of sp³-hybridized carbons (Fsp3) is 0.176. The van der Waals surface area contributed by atoms with E-state index in [0.717, 1.165) is 74.1 Å². The third-order valence-electron chi connectivity index (χ3n) is 27.9. The second-order valence-electron chi connectivity index (χ2n) is 32.8. The van der Waals surface area contributed by atoms with E-state index in [0.29, 0.717) is 23.2 Å². The van der Waals surface area contributed by atoms with Crippen LogP contribution in [0.15, 0.2) is 315 Å². The van der Waals surface area contributed by atoms with E-state index in [1.807, 2.05) is 22.7 Å². The first kappa shape index (κ1) is 61.1. The number of nitrogens with zero attached hydrogens (tertiary/aromatic N) is 2. The van der Waals surface area contributed by atoms with Gasteiger partial charge in [0, 0.05) is 96.4 Å². The summed E-state index contributed by atoms with van der Waals surface area (Å²) in [5.74, 6) is 5.21. The van der Waals surface area contributed by atoms with Crippen molar-refractivity contribution in [2.24, 2.45) is 35.0 Å². The molecular formula is C102H76N2OS2. The fourth-order valence-corrected chi connectivity index (χ4v) is 26.2. The molecule has 0 radical (unpaired) electrons. The first-order valence-corrected chi connectivity index (χ1v) is 40.6. The van der Waals surface area contributed by atoms with E-state index in [2.05, 4.69) is 332 Å². The van der Waals surface area contributed by atoms with Gasteiger partial charge in [-0.3, -0.25) is 0 Å². The number of anilines is 6. The Morgan fingerprint density at radius 1 is 0.327 bits per heavy atom. The van der Waals surface area contributed by atoms with Gasteiger partial charge in [-0.2, -0.15) is 0 Å². The van der Waals surface area contributed by atoms with E-state index in [4.69, 9.17) is 4.74 Å². The number of benzene rings is 14. The van der Waals surface area contributed by atoms with Crippen LogP contribution in [0.4, 0.5) is 34.1 Å². The minimum absolute atomic E-state index is 0.00612. The SMILES string of the molecule is C[C@H]1CC23CC2CC(C3)C12c1ccccc1-c1cc(N(c3cccc(-c4cccc5c4sc4ccccc45)c3)c3ccc4c(c3)C(c3ccccc3)(c3cccc(N(c5cccc(-c6cccc7c6sc6ccccc67)c5)c5ccc6c(c5)-c5ccccc5C65CC6CCC5C6)c3)c3ccccc3O4)ccc12. The van der Waals surface area contributed by atoms with Crippen molar-refractivity contribution in [2.75, 3.05) is 9.80 Å². The topological polar surface area (TPSA) is 15.7 Å². The van der Waals surface area contributed by atoms with Gasteiger partial charge in [-0.25, -0.2) is 0 Å². The van der Waals surface area contributed by atoms with E-state index in [-0.39, 0.29) is 10.8 Å². The van der Waals surface area contributed by atoms with Gasteiger partial charge in [0.15, 0.2) is 0 Å². The molecule has 9 atom stereocenters. The van der Waals surface area contributed by atoms with Crippen LogP contribution < -0.4 is 14.5 Å². The number of ether oxygens (including phenoxy) is 1. The quantitative estimate of drug-likeness (QED) is 0.136. The normalized spacial score (nSPS) is 24.0. The molecule has 5 fully saturated rings. The fourth-order valence-electron chi connectivity index (χ4n) is 23.8. The average molecular weight is 1410 g/mol. The number of hydrogen-bond donors (Lipinski definition) is 0. The Bertz CT molecular complexity index is 6460. The van der Waals surface area contributed by atoms with Gasteiger partial charge in [0.25, 0.3) is 0 Å². The highest BCUT2D eigenvalue weighted by molar-refractivity contribution is 7.26. The van der Waals surface area contributed by atoms with Crippen LogP contribution >= 0.6 is 22.7 Å². The summed E-state index contributed by atoms with van der Waals surface area (Å²) in [5.41, 5.74) is 27.4. The summed E-state index contributed by atoms with van der Waals surface area (Å²) in [7, 11) is 0. The van der Waals surface area contributed by atoms with Crippen molar-refractivity contribution in [3.8, 4) is 56.0 Å². The molecule has 14 aromatic carbocycles. The molecule has 107 heavy (non-hydrogen) atoms. The van der Waals surface area contributed by atoms with E-state index in [1.165, 1.54) is 158 Å². The Kier molecular flexibility index (Phi) is 12.8. The van der Waals surface area contributed by atoms with Gasteiger partial charge in [0.2, 0.25) is 0 Å². The number of hydrogen-bond acceptors (Lipinski definition) is 5. The molecule has 5 saturated carbocycles. The summed E-state index contributed by atoms with van der Waals surface area (Å²) in [6.07, 6.45) is 10.7. The Hall–Kier alpha value is -11.1. The zero-order chi connectivity index (χ0) is 70.1. The maximum atomic E-state index is 7.40. The minimum atomic E-state index is -0.892. The van der Waals surface area contributed by atoms with Crippen LogP contribution in [-0.4, -0.2) is 0 Å². The first-order valence-electron chi connectivity index (χ1n) is 39.0. The van der Waals surface area contributed by atoms with Gasteiger partial charge in [-0.1, -0.05) is 232 Å². The highest BCUT2D eigenvalue weighted by Gasteiger charge is 2.70. The molecule has 7 aliphatic carbocycles. The molecule has 0 N–H and O–H groups in total. The predicted molar refractivity (Wildman–Crippen MR) is 446 cm³/mol. The molecule has 3 spiro atoms. The third kappa shape index (κ3) is 8.42. The molecule has 4 bridgehead atoms. The van der Waals surface area contributed by atoms with Crippen molar-refractivity contribution in [3.05, 3.63) is 360 Å². The lowest BCUT2D eigenvalue weighted by molar-refractivity contribution is 0.130. The Labute approximate surface area is 632 Å². The molecule has 512 valence electrons. The van der Waals surface area contributed by atoms with Gasteiger partial charge < -0.3 is 14.5 Å². The summed E-state index contributed by atoms with van der Waals surface area (Å²) in [6.45, 7) is 2.61. The third-order valence-corrected chi connectivity index (χ3v) is 30.3. The molecule has 0 saturated heterocycles. The maximum absolute atomic E-state index is 7.40. The molecular weight excluding hydrogens is 1330 g/mol. The first-order chi connectivity index (χ1) is 52.8. The highest BCUT2D eigenvalue weighted by atomic mass is 32.1. The van der Waals surface area contributed by atoms with Gasteiger partial charge >= 0.3 is 0 Å². The largest absolute Gasteiger partial charge is 0.457 e. The van der Waals surface area contributed by atoms with Crippen molar-refractivity contribution in [2.45, 2.75) is 74.5 Å². The van der Waals surface area contributed by atoms with E-state index in [1.54, 1.807) is 5.56 Å². The Morgan fingerprint density at radius 3 is 1.50 bits per heavy atom. The zero-order valence-corrected chi connectivity index (χ0v) is 61.3. The summed E-state index contributed by atoms with van der Waals surface area (Å²) >= 11 is 3.80. The van der Waals surface area contributed by atoms with Crippen LogP contribution in [0.5, 0.6) is 11.5 Å². The molecule has 8 unspecified atom stereocenters. The predicted octanol–water partition coefficient (Wildman–Crippen LogP) is 28.0. The van der Waals surface area contributed by atoms with Crippen LogP contribution in [0.25, 0.3) is 84.9 Å². The molecule has 3 nitrogen and oxygen atoms in total. The van der Waals surface area contributed by atoms with Crippen molar-refractivity contribution in [3.63, 3.8) is 0 Å². The molecule has 2 aromatic heterocycles. The highest BCUT2D eigenvalue weighted by Crippen LogP contribution is 2.78. The zero-order valence-electron chi connectivity index (χ0n) is 59.7. The molecule has 8 aliphatic rings. The van der Waals surface area contributed by atoms with Crippen molar-refractivity contribution >= 4 is 97.1 Å². The van der Waals surface area contributed by atoms with Crippen LogP contribution in [0.1, 0.15) is 103 Å². The average Bonchev–Trinajstić information content (AvgIpc) is 1.51. The lowest BCUT2D eigenvalue weighted by atomic mass is 9.55. The standard InChI is InChI=1S/C102H76N2OS2/c1-62-58-99-60-69(99)53-70(61-99)101(62)89-37-10-6-29-80(89)86-56-75(45-48-90(86)101)104(72-26-16-21-65(52-72)78-33-19-35-84-82-31-8-14-41-96(82)107-98(78)84)76-46-49-94-92(57-76)102(66-22-3-2-4-23-66,91-38-11-12-39-93(91)105-94)68-24-17-27-73(54-68)103(71-25-15-20-64(51-71)77-32-18-34-83-81-30-7-13-40-95(81)106-97(77)83)74-44-47-88-85(55-74)79-28-5-9-36-87(79)100(88)59-63-42-43-67(100)50-63/h2-41,44-49,51-52,54-57,62-63,67,69-70H,42-43,50,53,58-61H2,1H3/t62-,63?,67?,69?,70?,99?,100?,101?,102?/m0/s1. The van der Waals surface area contributed by atoms with Crippen molar-refractivity contribution in [1.82, 2.24) is 0 Å². The smallest absolute Gasteiger partial charge is 0.132 e. The van der Waals surface area contributed by atoms with E-state index < -0.39 is 5.41 Å². The Balaban J connectivity index is 0.721.